The zero-order valence-electron chi connectivity index (χ0n) is 18.0. The van der Waals surface area contributed by atoms with Gasteiger partial charge in [-0.15, -0.1) is 0 Å². The Labute approximate surface area is 178 Å². The van der Waals surface area contributed by atoms with E-state index in [9.17, 15) is 4.79 Å². The Morgan fingerprint density at radius 2 is 1.80 bits per heavy atom. The summed E-state index contributed by atoms with van der Waals surface area (Å²) in [5.41, 5.74) is 2.22. The molecule has 0 bridgehead atoms. The van der Waals surface area contributed by atoms with Crippen molar-refractivity contribution in [3.63, 3.8) is 0 Å². The number of fused-ring (bicyclic) bond motifs is 1. The average Bonchev–Trinajstić information content (AvgIpc) is 3.34. The number of aliphatic imine (C=N–C) groups is 1. The molecule has 0 saturated carbocycles. The van der Waals surface area contributed by atoms with Gasteiger partial charge in [-0.2, -0.15) is 0 Å². The monoisotopic (exact) mass is 408 g/mol. The number of guanidine groups is 1. The molecule has 1 amide bonds. The molecule has 30 heavy (non-hydrogen) atoms. The molecule has 2 saturated heterocycles. The molecule has 7 nitrogen and oxygen atoms in total. The van der Waals surface area contributed by atoms with Gasteiger partial charge in [0.1, 0.15) is 0 Å². The van der Waals surface area contributed by atoms with Crippen LogP contribution in [0.15, 0.2) is 41.5 Å². The second-order valence-electron chi connectivity index (χ2n) is 8.12. The minimum absolute atomic E-state index is 0.0385. The predicted molar refractivity (Wildman–Crippen MR) is 120 cm³/mol. The first-order valence-electron chi connectivity index (χ1n) is 11.0. The largest absolute Gasteiger partial charge is 0.352 e. The lowest BCUT2D eigenvalue weighted by Crippen LogP contribution is -2.57. The molecule has 4 rings (SSSR count). The maximum absolute atomic E-state index is 12.7. The Hall–Kier alpha value is -2.67. The molecule has 160 valence electrons. The van der Waals surface area contributed by atoms with Gasteiger partial charge in [0.15, 0.2) is 5.96 Å². The number of benzene rings is 1. The van der Waals surface area contributed by atoms with Crippen molar-refractivity contribution in [3.05, 3.63) is 42.1 Å². The molecule has 1 aromatic heterocycles. The fraction of sp³-hybridized carbons (Fsp3) is 0.522. The van der Waals surface area contributed by atoms with E-state index in [2.05, 4.69) is 44.1 Å². The van der Waals surface area contributed by atoms with Crippen molar-refractivity contribution in [2.24, 2.45) is 4.99 Å². The highest BCUT2D eigenvalue weighted by Crippen LogP contribution is 2.17. The van der Waals surface area contributed by atoms with Gasteiger partial charge in [-0.3, -0.25) is 19.7 Å². The molecule has 3 heterocycles. The number of amides is 1. The van der Waals surface area contributed by atoms with Gasteiger partial charge >= 0.3 is 0 Å². The number of para-hydroxylation sites is 1. The molecule has 7 heteroatoms. The van der Waals surface area contributed by atoms with Crippen LogP contribution in [0.4, 0.5) is 0 Å². The molecule has 2 aliphatic rings. The van der Waals surface area contributed by atoms with Gasteiger partial charge in [-0.1, -0.05) is 18.2 Å². The van der Waals surface area contributed by atoms with Crippen molar-refractivity contribution >= 4 is 22.8 Å². The minimum atomic E-state index is -0.0385. The molecule has 1 unspecified atom stereocenters. The number of hydrogen-bond donors (Lipinski definition) is 1. The number of likely N-dealkylation sites (tertiary alicyclic amines) is 1. The summed E-state index contributed by atoms with van der Waals surface area (Å²) in [5.74, 6) is 1.20. The molecule has 1 atom stereocenters. The molecule has 2 aromatic rings. The topological polar surface area (TPSA) is 64.1 Å². The molecular weight excluding hydrogens is 376 g/mol. The molecule has 1 aromatic carbocycles. The highest BCUT2D eigenvalue weighted by atomic mass is 16.2. The zero-order valence-corrected chi connectivity index (χ0v) is 18.0. The quantitative estimate of drug-likeness (QED) is 0.619. The van der Waals surface area contributed by atoms with Gasteiger partial charge < -0.3 is 15.1 Å². The van der Waals surface area contributed by atoms with E-state index < -0.39 is 0 Å². The number of piperazine rings is 1. The van der Waals surface area contributed by atoms with Crippen LogP contribution in [-0.2, 0) is 11.3 Å². The van der Waals surface area contributed by atoms with E-state index in [0.717, 1.165) is 63.6 Å². The summed E-state index contributed by atoms with van der Waals surface area (Å²) in [5, 5.41) is 4.68. The van der Waals surface area contributed by atoms with E-state index >= 15 is 0 Å². The van der Waals surface area contributed by atoms with Crippen LogP contribution in [0, 0.1) is 0 Å². The molecule has 1 N–H and O–H groups in total. The maximum atomic E-state index is 12.7. The maximum Gasteiger partial charge on any atom is 0.239 e. The number of nitrogens with zero attached hydrogens (tertiary/aromatic N) is 5. The number of pyridine rings is 1. The highest BCUT2D eigenvalue weighted by molar-refractivity contribution is 5.84. The van der Waals surface area contributed by atoms with Crippen LogP contribution in [0.2, 0.25) is 0 Å². The molecule has 0 spiro atoms. The summed E-state index contributed by atoms with van der Waals surface area (Å²) >= 11 is 0. The summed E-state index contributed by atoms with van der Waals surface area (Å²) < 4.78 is 0. The van der Waals surface area contributed by atoms with Crippen molar-refractivity contribution in [1.29, 1.82) is 0 Å². The Morgan fingerprint density at radius 3 is 2.53 bits per heavy atom. The smallest absolute Gasteiger partial charge is 0.239 e. The number of aromatic nitrogens is 1. The molecule has 2 aliphatic heterocycles. The average molecular weight is 409 g/mol. The zero-order chi connectivity index (χ0) is 20.9. The third-order valence-corrected chi connectivity index (χ3v) is 6.32. The second-order valence-corrected chi connectivity index (χ2v) is 8.12. The lowest BCUT2D eigenvalue weighted by molar-refractivity contribution is -0.135. The lowest BCUT2D eigenvalue weighted by Gasteiger charge is -2.39. The number of nitrogens with one attached hydrogen (secondary N) is 1. The number of carbonyl (C=O) groups is 1. The summed E-state index contributed by atoms with van der Waals surface area (Å²) in [6, 6.07) is 10.2. The summed E-state index contributed by atoms with van der Waals surface area (Å²) in [6.07, 6.45) is 4.14. The summed E-state index contributed by atoms with van der Waals surface area (Å²) in [4.78, 5) is 28.3. The van der Waals surface area contributed by atoms with Crippen LogP contribution in [0.1, 0.15) is 25.3 Å². The van der Waals surface area contributed by atoms with Crippen molar-refractivity contribution in [1.82, 2.24) is 25.0 Å². The van der Waals surface area contributed by atoms with Crippen LogP contribution in [0.3, 0.4) is 0 Å². The van der Waals surface area contributed by atoms with E-state index in [-0.39, 0.29) is 11.9 Å². The van der Waals surface area contributed by atoms with Crippen molar-refractivity contribution in [2.75, 3.05) is 46.3 Å². The third kappa shape index (κ3) is 4.41. The van der Waals surface area contributed by atoms with E-state index in [1.165, 1.54) is 10.9 Å². The van der Waals surface area contributed by atoms with Crippen LogP contribution in [0.5, 0.6) is 0 Å². The second kappa shape index (κ2) is 9.43. The van der Waals surface area contributed by atoms with Gasteiger partial charge in [0, 0.05) is 64.4 Å². The minimum Gasteiger partial charge on any atom is -0.352 e. The van der Waals surface area contributed by atoms with Gasteiger partial charge in [-0.25, -0.2) is 0 Å². The first-order valence-corrected chi connectivity index (χ1v) is 11.0. The molecule has 0 aliphatic carbocycles. The summed E-state index contributed by atoms with van der Waals surface area (Å²) in [6.45, 7) is 8.09. The normalized spacial score (nSPS) is 19.3. The summed E-state index contributed by atoms with van der Waals surface area (Å²) in [7, 11) is 1.83. The van der Waals surface area contributed by atoms with Crippen molar-refractivity contribution in [2.45, 2.75) is 32.4 Å². The molecular formula is C23H32N6O. The van der Waals surface area contributed by atoms with Gasteiger partial charge in [0.2, 0.25) is 5.91 Å². The van der Waals surface area contributed by atoms with Crippen molar-refractivity contribution in [3.8, 4) is 0 Å². The van der Waals surface area contributed by atoms with Gasteiger partial charge in [-0.05, 0) is 37.5 Å². The van der Waals surface area contributed by atoms with E-state index in [1.807, 2.05) is 36.3 Å². The Kier molecular flexibility index (Phi) is 6.47. The molecule has 0 radical (unpaired) electrons. The standard InChI is InChI=1S/C23H32N6O/c1-18(22(30)28-11-5-6-12-28)27-13-15-29(16-14-27)23(24-2)26-17-19-9-10-25-21-8-4-3-7-20(19)21/h3-4,7-10,18H,5-6,11-17H2,1-2H3,(H,24,26). The Bertz CT molecular complexity index is 894. The number of rotatable bonds is 4. The third-order valence-electron chi connectivity index (χ3n) is 6.32. The van der Waals surface area contributed by atoms with Crippen LogP contribution in [0.25, 0.3) is 10.9 Å². The van der Waals surface area contributed by atoms with Crippen LogP contribution < -0.4 is 5.32 Å². The SMILES string of the molecule is CN=C(NCc1ccnc2ccccc12)N1CCN(C(C)C(=O)N2CCCC2)CC1. The predicted octanol–water partition coefficient (Wildman–Crippen LogP) is 1.94. The number of hydrogen-bond acceptors (Lipinski definition) is 4. The highest BCUT2D eigenvalue weighted by Gasteiger charge is 2.30. The fourth-order valence-corrected chi connectivity index (χ4v) is 4.49. The Balaban J connectivity index is 1.32. The van der Waals surface area contributed by atoms with Gasteiger partial charge in [0.05, 0.1) is 11.6 Å². The lowest BCUT2D eigenvalue weighted by atomic mass is 10.1. The Morgan fingerprint density at radius 1 is 1.07 bits per heavy atom. The molecule has 2 fully saturated rings. The van der Waals surface area contributed by atoms with E-state index in [4.69, 9.17) is 0 Å². The van der Waals surface area contributed by atoms with Crippen molar-refractivity contribution < 1.29 is 4.79 Å². The van der Waals surface area contributed by atoms with Gasteiger partial charge in [0.25, 0.3) is 0 Å². The van der Waals surface area contributed by atoms with E-state index in [1.54, 1.807) is 0 Å². The fourth-order valence-electron chi connectivity index (χ4n) is 4.49. The first-order chi connectivity index (χ1) is 14.7. The first kappa shape index (κ1) is 20.6. The van der Waals surface area contributed by atoms with Crippen LogP contribution in [-0.4, -0.2) is 83.9 Å². The number of carbonyl (C=O) groups excluding carboxylic acids is 1. The van der Waals surface area contributed by atoms with E-state index in [0.29, 0.717) is 6.54 Å². The van der Waals surface area contributed by atoms with Crippen LogP contribution >= 0.6 is 0 Å².